The van der Waals surface area contributed by atoms with Gasteiger partial charge in [-0.05, 0) is 46.2 Å². The minimum absolute atomic E-state index is 0.503. The number of rotatable bonds is 5. The molecule has 2 unspecified atom stereocenters. The maximum atomic E-state index is 4.92. The van der Waals surface area contributed by atoms with E-state index in [0.29, 0.717) is 11.8 Å². The van der Waals surface area contributed by atoms with E-state index < -0.39 is 0 Å². The zero-order valence-electron chi connectivity index (χ0n) is 21.5. The van der Waals surface area contributed by atoms with Crippen LogP contribution in [0.15, 0.2) is 92.1 Å². The number of benzene rings is 1. The van der Waals surface area contributed by atoms with Crippen LogP contribution >= 0.6 is 0 Å². The summed E-state index contributed by atoms with van der Waals surface area (Å²) in [5.74, 6) is 1.06. The fourth-order valence-electron chi connectivity index (χ4n) is 3.10. The SMILES string of the molecule is C=C/C=C(\C=C)c1cc(-c2ccccc2)cc(C2=CC(C)C(C)C=C2)n1.CC.CC.CC. The molecule has 1 heterocycles. The zero-order valence-corrected chi connectivity index (χ0v) is 21.5. The summed E-state index contributed by atoms with van der Waals surface area (Å²) < 4.78 is 0. The topological polar surface area (TPSA) is 12.9 Å². The predicted molar refractivity (Wildman–Crippen MR) is 148 cm³/mol. The quantitative estimate of drug-likeness (QED) is 0.431. The molecule has 1 aromatic carbocycles. The zero-order chi connectivity index (χ0) is 24.5. The highest BCUT2D eigenvalue weighted by Gasteiger charge is 2.15. The second-order valence-electron chi connectivity index (χ2n) is 6.75. The first-order valence-corrected chi connectivity index (χ1v) is 12.1. The monoisotopic (exact) mass is 429 g/mol. The minimum Gasteiger partial charge on any atom is -0.248 e. The summed E-state index contributed by atoms with van der Waals surface area (Å²) in [6.07, 6.45) is 12.3. The molecule has 0 amide bonds. The largest absolute Gasteiger partial charge is 0.248 e. The third kappa shape index (κ3) is 8.30. The normalized spacial score (nSPS) is 16.6. The Hall–Kier alpha value is -2.93. The van der Waals surface area contributed by atoms with E-state index in [1.165, 1.54) is 11.1 Å². The van der Waals surface area contributed by atoms with Crippen molar-refractivity contribution >= 4 is 11.1 Å². The molecule has 0 N–H and O–H groups in total. The average molecular weight is 430 g/mol. The van der Waals surface area contributed by atoms with Crippen molar-refractivity contribution in [3.63, 3.8) is 0 Å². The maximum Gasteiger partial charge on any atom is 0.0715 e. The third-order valence-corrected chi connectivity index (χ3v) is 4.89. The Bertz CT molecular complexity index is 897. The van der Waals surface area contributed by atoms with Gasteiger partial charge >= 0.3 is 0 Å². The molecule has 0 spiro atoms. The lowest BCUT2D eigenvalue weighted by Crippen LogP contribution is -2.07. The number of nitrogens with zero attached hydrogens (tertiary/aromatic N) is 1. The van der Waals surface area contributed by atoms with E-state index in [-0.39, 0.29) is 0 Å². The van der Waals surface area contributed by atoms with E-state index in [4.69, 9.17) is 4.98 Å². The summed E-state index contributed by atoms with van der Waals surface area (Å²) in [4.78, 5) is 4.92. The van der Waals surface area contributed by atoms with Crippen molar-refractivity contribution in [3.05, 3.63) is 103 Å². The van der Waals surface area contributed by atoms with Crippen LogP contribution in [0, 0.1) is 11.8 Å². The molecular weight excluding hydrogens is 386 g/mol. The Morgan fingerprint density at radius 1 is 0.844 bits per heavy atom. The van der Waals surface area contributed by atoms with Gasteiger partial charge in [0, 0.05) is 0 Å². The molecule has 3 rings (SSSR count). The van der Waals surface area contributed by atoms with E-state index in [0.717, 1.165) is 22.5 Å². The number of hydrogen-bond acceptors (Lipinski definition) is 1. The molecular formula is C31H43N. The number of hydrogen-bond donors (Lipinski definition) is 0. The van der Waals surface area contributed by atoms with Crippen LogP contribution in [0.25, 0.3) is 22.3 Å². The molecule has 0 saturated heterocycles. The van der Waals surface area contributed by atoms with Gasteiger partial charge in [-0.15, -0.1) is 0 Å². The van der Waals surface area contributed by atoms with Crippen LogP contribution in [0.4, 0.5) is 0 Å². The molecule has 1 heteroatoms. The van der Waals surface area contributed by atoms with Crippen LogP contribution in [0.3, 0.4) is 0 Å². The summed E-state index contributed by atoms with van der Waals surface area (Å²) in [7, 11) is 0. The molecule has 2 aromatic rings. The molecule has 1 nitrogen and oxygen atoms in total. The Balaban J connectivity index is 0.00000148. The second-order valence-corrected chi connectivity index (χ2v) is 6.75. The van der Waals surface area contributed by atoms with Crippen molar-refractivity contribution in [1.29, 1.82) is 0 Å². The van der Waals surface area contributed by atoms with Crippen LogP contribution < -0.4 is 0 Å². The van der Waals surface area contributed by atoms with Crippen LogP contribution in [0.1, 0.15) is 66.8 Å². The Labute approximate surface area is 198 Å². The standard InChI is InChI=1S/C25H25N.3C2H6/c1-5-10-20(6-2)24-16-23(21-11-8-7-9-12-21)17-25(26-24)22-14-13-18(3)19(4)15-22;3*1-2/h5-19H,1-2H2,3-4H3;3*1-2H3/b20-10+;;;. The van der Waals surface area contributed by atoms with Crippen molar-refractivity contribution in [2.75, 3.05) is 0 Å². The van der Waals surface area contributed by atoms with E-state index in [1.807, 2.05) is 59.8 Å². The van der Waals surface area contributed by atoms with E-state index in [2.05, 4.69) is 81.6 Å². The fourth-order valence-corrected chi connectivity index (χ4v) is 3.10. The molecule has 0 bridgehead atoms. The van der Waals surface area contributed by atoms with Gasteiger partial charge in [0.25, 0.3) is 0 Å². The van der Waals surface area contributed by atoms with E-state index >= 15 is 0 Å². The molecule has 1 aromatic heterocycles. The smallest absolute Gasteiger partial charge is 0.0715 e. The average Bonchev–Trinajstić information content (AvgIpc) is 2.88. The highest BCUT2D eigenvalue weighted by molar-refractivity contribution is 5.81. The predicted octanol–water partition coefficient (Wildman–Crippen LogP) is 9.81. The van der Waals surface area contributed by atoms with Crippen molar-refractivity contribution < 1.29 is 0 Å². The van der Waals surface area contributed by atoms with Crippen LogP contribution in [0.2, 0.25) is 0 Å². The molecule has 1 aliphatic rings. The summed E-state index contributed by atoms with van der Waals surface area (Å²) in [6, 6.07) is 14.7. The summed E-state index contributed by atoms with van der Waals surface area (Å²) in [5, 5.41) is 0. The third-order valence-electron chi connectivity index (χ3n) is 4.89. The van der Waals surface area contributed by atoms with Crippen LogP contribution in [-0.4, -0.2) is 4.98 Å². The Kier molecular flexibility index (Phi) is 15.2. The highest BCUT2D eigenvalue weighted by atomic mass is 14.7. The minimum atomic E-state index is 0.503. The fraction of sp³-hybridized carbons (Fsp3) is 0.323. The van der Waals surface area contributed by atoms with Gasteiger partial charge in [-0.3, -0.25) is 0 Å². The maximum absolute atomic E-state index is 4.92. The first kappa shape index (κ1) is 29.1. The van der Waals surface area contributed by atoms with Crippen LogP contribution in [-0.2, 0) is 0 Å². The molecule has 0 radical (unpaired) electrons. The van der Waals surface area contributed by atoms with Gasteiger partial charge in [0.05, 0.1) is 11.4 Å². The Morgan fingerprint density at radius 2 is 1.47 bits per heavy atom. The second kappa shape index (κ2) is 16.7. The van der Waals surface area contributed by atoms with Gasteiger partial charge in [0.1, 0.15) is 0 Å². The van der Waals surface area contributed by atoms with Gasteiger partial charge in [-0.1, -0.05) is 135 Å². The van der Waals surface area contributed by atoms with Gasteiger partial charge in [-0.25, -0.2) is 4.98 Å². The van der Waals surface area contributed by atoms with Gasteiger partial charge in [0.15, 0.2) is 0 Å². The number of aromatic nitrogens is 1. The van der Waals surface area contributed by atoms with Crippen molar-refractivity contribution in [2.45, 2.75) is 55.4 Å². The van der Waals surface area contributed by atoms with Crippen molar-refractivity contribution in [2.24, 2.45) is 11.8 Å². The van der Waals surface area contributed by atoms with Crippen LogP contribution in [0.5, 0.6) is 0 Å². The first-order chi connectivity index (χ1) is 15.6. The highest BCUT2D eigenvalue weighted by Crippen LogP contribution is 2.31. The molecule has 2 atom stereocenters. The summed E-state index contributed by atoms with van der Waals surface area (Å²) in [6.45, 7) is 24.2. The molecule has 0 saturated carbocycles. The molecule has 0 fully saturated rings. The summed E-state index contributed by atoms with van der Waals surface area (Å²) >= 11 is 0. The number of pyridine rings is 1. The lowest BCUT2D eigenvalue weighted by atomic mass is 9.87. The first-order valence-electron chi connectivity index (χ1n) is 12.1. The molecule has 0 aliphatic heterocycles. The molecule has 172 valence electrons. The Morgan fingerprint density at radius 3 is 2.00 bits per heavy atom. The molecule has 1 aliphatic carbocycles. The lowest BCUT2D eigenvalue weighted by Gasteiger charge is -2.19. The summed E-state index contributed by atoms with van der Waals surface area (Å²) in [5.41, 5.74) is 6.40. The van der Waals surface area contributed by atoms with Gasteiger partial charge < -0.3 is 0 Å². The van der Waals surface area contributed by atoms with Gasteiger partial charge in [-0.2, -0.15) is 0 Å². The van der Waals surface area contributed by atoms with Gasteiger partial charge in [0.2, 0.25) is 0 Å². The lowest BCUT2D eigenvalue weighted by molar-refractivity contribution is 0.554. The van der Waals surface area contributed by atoms with Crippen molar-refractivity contribution in [3.8, 4) is 11.1 Å². The molecule has 32 heavy (non-hydrogen) atoms. The van der Waals surface area contributed by atoms with E-state index in [1.54, 1.807) is 6.08 Å². The number of allylic oxidation sites excluding steroid dienone is 8. The van der Waals surface area contributed by atoms with Crippen molar-refractivity contribution in [1.82, 2.24) is 4.98 Å². The van der Waals surface area contributed by atoms with E-state index in [9.17, 15) is 0 Å².